The lowest BCUT2D eigenvalue weighted by atomic mass is 9.83. The number of ether oxygens (including phenoxy) is 2. The van der Waals surface area contributed by atoms with Gasteiger partial charge in [0.25, 0.3) is 10.2 Å². The Morgan fingerprint density at radius 2 is 1.54 bits per heavy atom. The molecule has 3 heterocycles. The zero-order chi connectivity index (χ0) is 36.8. The molecule has 5 rings (SSSR count). The summed E-state index contributed by atoms with van der Waals surface area (Å²) in [5, 5.41) is 20.1. The van der Waals surface area contributed by atoms with E-state index in [0.717, 1.165) is 37.7 Å². The van der Waals surface area contributed by atoms with Crippen LogP contribution in [0.3, 0.4) is 0 Å². The van der Waals surface area contributed by atoms with Crippen molar-refractivity contribution >= 4 is 27.9 Å². The van der Waals surface area contributed by atoms with Crippen LogP contribution in [0.4, 0.5) is 0 Å². The van der Waals surface area contributed by atoms with Crippen molar-refractivity contribution in [1.82, 2.24) is 39.8 Å². The lowest BCUT2D eigenvalue weighted by Crippen LogP contribution is -2.59. The molecule has 3 amide bonds. The van der Waals surface area contributed by atoms with Gasteiger partial charge in [0.15, 0.2) is 0 Å². The van der Waals surface area contributed by atoms with Gasteiger partial charge in [-0.2, -0.15) is 17.4 Å². The second-order valence-electron chi connectivity index (χ2n) is 13.8. The van der Waals surface area contributed by atoms with Crippen LogP contribution in [-0.2, 0) is 46.9 Å². The molecule has 1 aromatic heterocycles. The molecule has 1 aliphatic carbocycles. The number of H-pyrrole nitrogens is 1. The predicted octanol–water partition coefficient (Wildman–Crippen LogP) is -0.521. The molecule has 3 fully saturated rings. The van der Waals surface area contributed by atoms with E-state index in [-0.39, 0.29) is 64.1 Å². The summed E-state index contributed by atoms with van der Waals surface area (Å²) in [7, 11) is -3.88. The number of imidazole rings is 1. The van der Waals surface area contributed by atoms with Crippen LogP contribution in [0.1, 0.15) is 49.8 Å². The first kappa shape index (κ1) is 39.8. The van der Waals surface area contributed by atoms with E-state index in [0.29, 0.717) is 38.4 Å². The normalized spacial score (nSPS) is 20.3. The van der Waals surface area contributed by atoms with Gasteiger partial charge in [0.1, 0.15) is 12.1 Å². The first-order valence-electron chi connectivity index (χ1n) is 18.4. The van der Waals surface area contributed by atoms with E-state index in [1.807, 2.05) is 35.2 Å². The van der Waals surface area contributed by atoms with Crippen molar-refractivity contribution in [1.29, 1.82) is 0 Å². The molecule has 16 nitrogen and oxygen atoms in total. The highest BCUT2D eigenvalue weighted by molar-refractivity contribution is 7.87. The van der Waals surface area contributed by atoms with Crippen LogP contribution in [0, 0.1) is 5.92 Å². The van der Waals surface area contributed by atoms with Gasteiger partial charge in [-0.3, -0.25) is 19.3 Å². The largest absolute Gasteiger partial charge is 0.390 e. The summed E-state index contributed by atoms with van der Waals surface area (Å²) >= 11 is 0. The Bertz CT molecular complexity index is 1500. The number of aliphatic hydroxyl groups is 1. The Hall–Kier alpha value is -3.45. The highest BCUT2D eigenvalue weighted by Crippen LogP contribution is 2.28. The molecule has 2 aliphatic heterocycles. The number of amides is 3. The molecule has 2 aromatic rings. The number of carbonyl (C=O) groups excluding carboxylic acids is 3. The Labute approximate surface area is 306 Å². The average Bonchev–Trinajstić information content (AvgIpc) is 3.68. The van der Waals surface area contributed by atoms with Crippen molar-refractivity contribution in [2.75, 3.05) is 65.7 Å². The molecular weight excluding hydrogens is 693 g/mol. The average molecular weight is 747 g/mol. The number of nitrogens with one attached hydrogen (secondary N) is 5. The molecule has 1 aromatic carbocycles. The maximum absolute atomic E-state index is 14.1. The van der Waals surface area contributed by atoms with E-state index in [1.165, 1.54) is 10.6 Å². The molecule has 2 saturated heterocycles. The quantitative estimate of drug-likeness (QED) is 0.115. The number of carbonyl (C=O) groups is 3. The molecule has 4 atom stereocenters. The summed E-state index contributed by atoms with van der Waals surface area (Å²) < 4.78 is 40.4. The van der Waals surface area contributed by atoms with Crippen molar-refractivity contribution in [2.45, 2.75) is 75.6 Å². The minimum absolute atomic E-state index is 0.0385. The van der Waals surface area contributed by atoms with Gasteiger partial charge in [-0.05, 0) is 17.9 Å². The van der Waals surface area contributed by atoms with Crippen molar-refractivity contribution in [3.63, 3.8) is 0 Å². The van der Waals surface area contributed by atoms with E-state index in [9.17, 15) is 27.9 Å². The Balaban J connectivity index is 1.30. The van der Waals surface area contributed by atoms with Gasteiger partial charge in [0, 0.05) is 51.8 Å². The summed E-state index contributed by atoms with van der Waals surface area (Å²) in [4.78, 5) is 50.4. The molecule has 0 bridgehead atoms. The van der Waals surface area contributed by atoms with Gasteiger partial charge in [-0.1, -0.05) is 62.4 Å². The van der Waals surface area contributed by atoms with Crippen LogP contribution >= 0.6 is 0 Å². The number of hydrogen-bond donors (Lipinski definition) is 6. The molecule has 1 saturated carbocycles. The molecule has 288 valence electrons. The number of hydrogen-bond acceptors (Lipinski definition) is 10. The first-order chi connectivity index (χ1) is 25.2. The molecule has 52 heavy (non-hydrogen) atoms. The fraction of sp³-hybridized carbons (Fsp3) is 0.657. The van der Waals surface area contributed by atoms with Crippen molar-refractivity contribution in [3.05, 3.63) is 54.1 Å². The van der Waals surface area contributed by atoms with Gasteiger partial charge >= 0.3 is 0 Å². The minimum Gasteiger partial charge on any atom is -0.390 e. The third-order valence-corrected chi connectivity index (χ3v) is 11.5. The van der Waals surface area contributed by atoms with Crippen LogP contribution in [0.15, 0.2) is 42.9 Å². The van der Waals surface area contributed by atoms with Crippen LogP contribution in [0.5, 0.6) is 0 Å². The standard InChI is InChI=1S/C35H54N8O8S/c44-32(23-38-52(48,49)43-13-17-51-18-14-43)29(19-26-7-3-1-4-8-26)40-35(47)31(21-28-22-36-25-37-28)41-34(46)30(20-27-9-5-2-6-10-27)39-33(45)24-42-11-15-50-16-12-42/h2,5-6,9-10,22,25-26,29-32,38,44H,1,3-4,7-8,11-21,23-24H2,(H,36,37)(H,39,45)(H,40,47)(H,41,46)/t29-,30-,31-,32-/m0/s1. The van der Waals surface area contributed by atoms with Crippen LogP contribution < -0.4 is 20.7 Å². The van der Waals surface area contributed by atoms with E-state index in [4.69, 9.17) is 9.47 Å². The lowest BCUT2D eigenvalue weighted by molar-refractivity contribution is -0.133. The second-order valence-corrected chi connectivity index (χ2v) is 15.6. The van der Waals surface area contributed by atoms with E-state index in [2.05, 4.69) is 30.6 Å². The van der Waals surface area contributed by atoms with Gasteiger partial charge in [-0.15, -0.1) is 0 Å². The number of aromatic nitrogens is 2. The van der Waals surface area contributed by atoms with E-state index >= 15 is 0 Å². The SMILES string of the molecule is O=C(CN1CCOCC1)N[C@@H](Cc1ccccc1)C(=O)N[C@@H](Cc1c[nH]cn1)C(=O)N[C@@H](CC1CCCCC1)[C@@H](O)CNS(=O)(=O)N1CCOCC1. The molecule has 0 spiro atoms. The molecule has 17 heteroatoms. The van der Waals surface area contributed by atoms with Gasteiger partial charge < -0.3 is 35.5 Å². The summed E-state index contributed by atoms with van der Waals surface area (Å²) in [5.74, 6) is -1.18. The summed E-state index contributed by atoms with van der Waals surface area (Å²) in [6.07, 6.45) is 7.65. The number of rotatable bonds is 18. The number of aromatic amines is 1. The monoisotopic (exact) mass is 746 g/mol. The molecule has 0 radical (unpaired) electrons. The number of nitrogens with zero attached hydrogens (tertiary/aromatic N) is 3. The summed E-state index contributed by atoms with van der Waals surface area (Å²) in [6, 6.07) is 6.42. The van der Waals surface area contributed by atoms with Gasteiger partial charge in [-0.25, -0.2) is 4.98 Å². The summed E-state index contributed by atoms with van der Waals surface area (Å²) in [5.41, 5.74) is 1.36. The van der Waals surface area contributed by atoms with E-state index < -0.39 is 46.3 Å². The van der Waals surface area contributed by atoms with Crippen molar-refractivity contribution < 1.29 is 37.4 Å². The van der Waals surface area contributed by atoms with Crippen LogP contribution in [-0.4, -0.2) is 140 Å². The maximum Gasteiger partial charge on any atom is 0.279 e. The predicted molar refractivity (Wildman–Crippen MR) is 192 cm³/mol. The second kappa shape index (κ2) is 20.1. The highest BCUT2D eigenvalue weighted by Gasteiger charge is 2.33. The van der Waals surface area contributed by atoms with Crippen LogP contribution in [0.2, 0.25) is 0 Å². The number of benzene rings is 1. The van der Waals surface area contributed by atoms with Crippen molar-refractivity contribution in [3.8, 4) is 0 Å². The third-order valence-electron chi connectivity index (χ3n) is 9.90. The van der Waals surface area contributed by atoms with Crippen molar-refractivity contribution in [2.24, 2.45) is 5.92 Å². The molecular formula is C35H54N8O8S. The Morgan fingerprint density at radius 1 is 0.885 bits per heavy atom. The number of aliphatic hydroxyl groups excluding tert-OH is 1. The van der Waals surface area contributed by atoms with Gasteiger partial charge in [0.2, 0.25) is 17.7 Å². The number of morpholine rings is 2. The summed E-state index contributed by atoms with van der Waals surface area (Å²) in [6.45, 7) is 3.07. The molecule has 3 aliphatic rings. The molecule has 0 unspecified atom stereocenters. The van der Waals surface area contributed by atoms with Gasteiger partial charge in [0.05, 0.1) is 57.1 Å². The topological polar surface area (TPSA) is 207 Å². The minimum atomic E-state index is -3.88. The van der Waals surface area contributed by atoms with E-state index in [1.54, 1.807) is 6.20 Å². The zero-order valence-corrected chi connectivity index (χ0v) is 30.5. The smallest absolute Gasteiger partial charge is 0.279 e. The first-order valence-corrected chi connectivity index (χ1v) is 19.8. The maximum atomic E-state index is 14.1. The van der Waals surface area contributed by atoms with Crippen LogP contribution in [0.25, 0.3) is 0 Å². The Morgan fingerprint density at radius 3 is 2.21 bits per heavy atom. The fourth-order valence-electron chi connectivity index (χ4n) is 6.94. The Kier molecular flexibility index (Phi) is 15.4. The zero-order valence-electron chi connectivity index (χ0n) is 29.7. The third kappa shape index (κ3) is 12.6. The fourth-order valence-corrected chi connectivity index (χ4v) is 8.14. The highest BCUT2D eigenvalue weighted by atomic mass is 32.2. The lowest BCUT2D eigenvalue weighted by Gasteiger charge is -2.32. The molecule has 6 N–H and O–H groups in total.